The minimum absolute atomic E-state index is 0.518. The quantitative estimate of drug-likeness (QED) is 0.573. The molecule has 0 aromatic heterocycles. The second-order valence-corrected chi connectivity index (χ2v) is 6.05. The van der Waals surface area contributed by atoms with Crippen LogP contribution in [0.15, 0.2) is 29.3 Å². The maximum absolute atomic E-state index is 5.20. The maximum Gasteiger partial charge on any atom is 0.191 e. The summed E-state index contributed by atoms with van der Waals surface area (Å²) in [5, 5.41) is 6.76. The first-order chi connectivity index (χ1) is 10.7. The van der Waals surface area contributed by atoms with E-state index in [1.54, 1.807) is 7.11 Å². The summed E-state index contributed by atoms with van der Waals surface area (Å²) in [6, 6.07) is 8.35. The molecule has 1 aliphatic rings. The lowest BCUT2D eigenvalue weighted by atomic mass is 9.98. The van der Waals surface area contributed by atoms with E-state index in [9.17, 15) is 0 Å². The average molecular weight is 303 g/mol. The molecule has 2 N–H and O–H groups in total. The summed E-state index contributed by atoms with van der Waals surface area (Å²) in [5.41, 5.74) is 1.35. The second-order valence-electron chi connectivity index (χ2n) is 6.05. The van der Waals surface area contributed by atoms with Crippen LogP contribution in [0.4, 0.5) is 0 Å². The number of nitrogens with one attached hydrogen (secondary N) is 2. The molecular formula is C18H29N3O. The van der Waals surface area contributed by atoms with Crippen LogP contribution in [-0.4, -0.2) is 32.7 Å². The van der Waals surface area contributed by atoms with E-state index in [-0.39, 0.29) is 0 Å². The van der Waals surface area contributed by atoms with E-state index in [0.717, 1.165) is 43.7 Å². The van der Waals surface area contributed by atoms with Crippen molar-refractivity contribution in [3.63, 3.8) is 0 Å². The lowest BCUT2D eigenvalue weighted by Gasteiger charge is -2.15. The molecule has 1 unspecified atom stereocenters. The van der Waals surface area contributed by atoms with Crippen molar-refractivity contribution in [1.29, 1.82) is 0 Å². The highest BCUT2D eigenvalue weighted by molar-refractivity contribution is 5.79. The summed E-state index contributed by atoms with van der Waals surface area (Å²) < 4.78 is 5.20. The summed E-state index contributed by atoms with van der Waals surface area (Å²) >= 11 is 0. The molecule has 22 heavy (non-hydrogen) atoms. The van der Waals surface area contributed by atoms with Crippen molar-refractivity contribution in [2.45, 2.75) is 39.0 Å². The van der Waals surface area contributed by atoms with Crippen molar-refractivity contribution >= 4 is 5.96 Å². The molecule has 1 aromatic rings. The third-order valence-corrected chi connectivity index (χ3v) is 4.10. The molecule has 2 rings (SSSR count). The molecule has 0 saturated heterocycles. The van der Waals surface area contributed by atoms with Gasteiger partial charge in [-0.05, 0) is 55.7 Å². The van der Waals surface area contributed by atoms with Gasteiger partial charge >= 0.3 is 0 Å². The molecule has 1 aromatic carbocycles. The molecule has 1 fully saturated rings. The van der Waals surface area contributed by atoms with Crippen LogP contribution < -0.4 is 15.4 Å². The number of hydrogen-bond donors (Lipinski definition) is 2. The van der Waals surface area contributed by atoms with E-state index in [1.165, 1.54) is 18.4 Å². The predicted octanol–water partition coefficient (Wildman–Crippen LogP) is 3.15. The molecule has 1 atom stereocenters. The van der Waals surface area contributed by atoms with E-state index in [1.807, 2.05) is 12.1 Å². The molecule has 122 valence electrons. The largest absolute Gasteiger partial charge is 0.497 e. The van der Waals surface area contributed by atoms with Gasteiger partial charge in [0.05, 0.1) is 7.11 Å². The molecule has 0 heterocycles. The van der Waals surface area contributed by atoms with Crippen molar-refractivity contribution in [3.05, 3.63) is 29.8 Å². The molecule has 0 spiro atoms. The van der Waals surface area contributed by atoms with Gasteiger partial charge < -0.3 is 15.4 Å². The van der Waals surface area contributed by atoms with Crippen LogP contribution in [0.5, 0.6) is 5.75 Å². The van der Waals surface area contributed by atoms with Gasteiger partial charge in [0, 0.05) is 19.6 Å². The highest BCUT2D eigenvalue weighted by Gasteiger charge is 2.20. The molecule has 4 nitrogen and oxygen atoms in total. The summed E-state index contributed by atoms with van der Waals surface area (Å²) in [7, 11) is 1.70. The average Bonchev–Trinajstić information content (AvgIpc) is 3.37. The first-order valence-electron chi connectivity index (χ1n) is 8.39. The molecular weight excluding hydrogens is 274 g/mol. The van der Waals surface area contributed by atoms with Crippen LogP contribution in [0.25, 0.3) is 0 Å². The third-order valence-electron chi connectivity index (χ3n) is 4.10. The van der Waals surface area contributed by atoms with Crippen molar-refractivity contribution in [1.82, 2.24) is 10.6 Å². The van der Waals surface area contributed by atoms with Gasteiger partial charge in [-0.2, -0.15) is 0 Å². The van der Waals surface area contributed by atoms with Crippen LogP contribution in [0.3, 0.4) is 0 Å². The molecule has 0 amide bonds. The molecule has 0 radical (unpaired) electrons. The van der Waals surface area contributed by atoms with Gasteiger partial charge in [-0.25, -0.2) is 0 Å². The smallest absolute Gasteiger partial charge is 0.191 e. The van der Waals surface area contributed by atoms with Crippen LogP contribution in [0.1, 0.15) is 44.6 Å². The second kappa shape index (κ2) is 8.66. The number of ether oxygens (including phenoxy) is 1. The number of guanidine groups is 1. The standard InChI is InChI=1S/C18H29N3O/c1-4-19-18(21-13-15-5-6-15)20-12-11-14(2)16-7-9-17(22-3)10-8-16/h7-10,14-15H,4-6,11-13H2,1-3H3,(H2,19,20,21). The monoisotopic (exact) mass is 303 g/mol. The zero-order chi connectivity index (χ0) is 15.8. The van der Waals surface area contributed by atoms with Gasteiger partial charge in [-0.15, -0.1) is 0 Å². The number of benzene rings is 1. The summed E-state index contributed by atoms with van der Waals surface area (Å²) in [6.07, 6.45) is 3.77. The van der Waals surface area contributed by atoms with Gasteiger partial charge in [0.2, 0.25) is 0 Å². The number of hydrogen-bond acceptors (Lipinski definition) is 2. The highest BCUT2D eigenvalue weighted by Crippen LogP contribution is 2.28. The van der Waals surface area contributed by atoms with E-state index in [0.29, 0.717) is 5.92 Å². The van der Waals surface area contributed by atoms with Crippen LogP contribution >= 0.6 is 0 Å². The fourth-order valence-electron chi connectivity index (χ4n) is 2.37. The number of methoxy groups -OCH3 is 1. The topological polar surface area (TPSA) is 45.7 Å². The van der Waals surface area contributed by atoms with Crippen LogP contribution in [0.2, 0.25) is 0 Å². The molecule has 1 aliphatic carbocycles. The van der Waals surface area contributed by atoms with Gasteiger partial charge in [0.15, 0.2) is 5.96 Å². The van der Waals surface area contributed by atoms with E-state index < -0.39 is 0 Å². The van der Waals surface area contributed by atoms with Crippen LogP contribution in [0, 0.1) is 5.92 Å². The normalized spacial score (nSPS) is 16.2. The Labute approximate surface area is 134 Å². The Morgan fingerprint density at radius 3 is 2.59 bits per heavy atom. The number of aliphatic imine (C=N–C) groups is 1. The Balaban J connectivity index is 1.75. The minimum atomic E-state index is 0.518. The summed E-state index contributed by atoms with van der Waals surface area (Å²) in [5.74, 6) is 3.21. The zero-order valence-corrected chi connectivity index (χ0v) is 14.1. The van der Waals surface area contributed by atoms with Crippen molar-refractivity contribution in [3.8, 4) is 5.75 Å². The summed E-state index contributed by atoms with van der Waals surface area (Å²) in [4.78, 5) is 4.65. The number of nitrogens with zero attached hydrogens (tertiary/aromatic N) is 1. The van der Waals surface area contributed by atoms with E-state index >= 15 is 0 Å². The Bertz CT molecular complexity index is 466. The summed E-state index contributed by atoms with van der Waals surface area (Å²) in [6.45, 7) is 7.17. The van der Waals surface area contributed by atoms with Gasteiger partial charge in [-0.3, -0.25) is 4.99 Å². The lowest BCUT2D eigenvalue weighted by Crippen LogP contribution is -2.38. The van der Waals surface area contributed by atoms with Crippen molar-refractivity contribution in [2.24, 2.45) is 10.9 Å². The Kier molecular flexibility index (Phi) is 6.56. The van der Waals surface area contributed by atoms with Crippen molar-refractivity contribution < 1.29 is 4.74 Å². The third kappa shape index (κ3) is 5.58. The first-order valence-corrected chi connectivity index (χ1v) is 8.39. The number of rotatable bonds is 8. The highest BCUT2D eigenvalue weighted by atomic mass is 16.5. The Morgan fingerprint density at radius 2 is 2.00 bits per heavy atom. The lowest BCUT2D eigenvalue weighted by molar-refractivity contribution is 0.414. The van der Waals surface area contributed by atoms with Crippen molar-refractivity contribution in [2.75, 3.05) is 26.7 Å². The zero-order valence-electron chi connectivity index (χ0n) is 14.1. The van der Waals surface area contributed by atoms with Gasteiger partial charge in [-0.1, -0.05) is 19.1 Å². The van der Waals surface area contributed by atoms with Crippen LogP contribution in [-0.2, 0) is 0 Å². The SMILES string of the molecule is CCNC(=NCC1CC1)NCCC(C)c1ccc(OC)cc1. The van der Waals surface area contributed by atoms with Gasteiger partial charge in [0.1, 0.15) is 5.75 Å². The molecule has 0 aliphatic heterocycles. The molecule has 0 bridgehead atoms. The van der Waals surface area contributed by atoms with E-state index in [4.69, 9.17) is 4.74 Å². The Hall–Kier alpha value is -1.71. The minimum Gasteiger partial charge on any atom is -0.497 e. The van der Waals surface area contributed by atoms with E-state index in [2.05, 4.69) is 41.6 Å². The maximum atomic E-state index is 5.20. The molecule has 1 saturated carbocycles. The fraction of sp³-hybridized carbons (Fsp3) is 0.611. The molecule has 4 heteroatoms. The predicted molar refractivity (Wildman–Crippen MR) is 92.7 cm³/mol. The first kappa shape index (κ1) is 16.7. The Morgan fingerprint density at radius 1 is 1.27 bits per heavy atom. The van der Waals surface area contributed by atoms with Gasteiger partial charge in [0.25, 0.3) is 0 Å². The fourth-order valence-corrected chi connectivity index (χ4v) is 2.37.